The van der Waals surface area contributed by atoms with E-state index in [4.69, 9.17) is 10.8 Å². The summed E-state index contributed by atoms with van der Waals surface area (Å²) < 4.78 is 0. The second-order valence-electron chi connectivity index (χ2n) is 10.3. The summed E-state index contributed by atoms with van der Waals surface area (Å²) in [4.78, 5) is 50.9. The van der Waals surface area contributed by atoms with Gasteiger partial charge in [-0.2, -0.15) is 0 Å². The van der Waals surface area contributed by atoms with Crippen molar-refractivity contribution in [2.24, 2.45) is 11.1 Å². The van der Waals surface area contributed by atoms with Crippen molar-refractivity contribution in [1.82, 2.24) is 4.90 Å². The molecule has 0 radical (unpaired) electrons. The number of carboxylic acid groups (broad SMARTS) is 1. The van der Waals surface area contributed by atoms with E-state index in [2.05, 4.69) is 16.0 Å². The molecule has 0 aliphatic heterocycles. The lowest BCUT2D eigenvalue weighted by molar-refractivity contribution is -0.135. The molecule has 0 saturated heterocycles. The molecular formula is C30H35N5O5. The Morgan fingerprint density at radius 2 is 1.45 bits per heavy atom. The van der Waals surface area contributed by atoms with Crippen LogP contribution in [0.3, 0.4) is 0 Å². The van der Waals surface area contributed by atoms with E-state index in [1.165, 1.54) is 29.2 Å². The molecule has 0 fully saturated rings. The molecule has 0 atom stereocenters. The van der Waals surface area contributed by atoms with Gasteiger partial charge in [-0.25, -0.2) is 9.59 Å². The maximum absolute atomic E-state index is 13.3. The van der Waals surface area contributed by atoms with E-state index in [1.54, 1.807) is 24.3 Å². The van der Waals surface area contributed by atoms with E-state index < -0.39 is 17.3 Å². The van der Waals surface area contributed by atoms with Gasteiger partial charge in [0.25, 0.3) is 0 Å². The minimum Gasteiger partial charge on any atom is -0.478 e. The number of carboxylic acids is 1. The zero-order valence-electron chi connectivity index (χ0n) is 22.9. The third kappa shape index (κ3) is 8.95. The third-order valence-corrected chi connectivity index (χ3v) is 6.23. The average molecular weight is 546 g/mol. The fourth-order valence-corrected chi connectivity index (χ4v) is 3.87. The molecule has 10 nitrogen and oxygen atoms in total. The molecule has 3 aromatic carbocycles. The summed E-state index contributed by atoms with van der Waals surface area (Å²) in [5.74, 6) is -1.73. The maximum atomic E-state index is 13.3. The van der Waals surface area contributed by atoms with E-state index in [0.29, 0.717) is 23.6 Å². The summed E-state index contributed by atoms with van der Waals surface area (Å²) in [6.07, 6.45) is 0.0525. The summed E-state index contributed by atoms with van der Waals surface area (Å²) in [5, 5.41) is 17.3. The molecule has 0 spiro atoms. The quantitative estimate of drug-likeness (QED) is 0.242. The second kappa shape index (κ2) is 13.4. The SMILES string of the molecule is Cc1ccccc1NC(=O)Nc1ccc(CC(=O)N(CC(=O)Nc2ccc(C(=O)O)cc2)CC(C)(C)CN)cc1. The molecule has 0 aliphatic rings. The second-order valence-corrected chi connectivity index (χ2v) is 10.3. The Labute approximate surface area is 233 Å². The van der Waals surface area contributed by atoms with E-state index in [1.807, 2.05) is 45.0 Å². The van der Waals surface area contributed by atoms with E-state index in [9.17, 15) is 19.2 Å². The number of nitrogens with zero attached hydrogens (tertiary/aromatic N) is 1. The monoisotopic (exact) mass is 545 g/mol. The summed E-state index contributed by atoms with van der Waals surface area (Å²) in [5.41, 5.74) is 8.94. The number of aryl methyl sites for hydroxylation is 1. The van der Waals surface area contributed by atoms with Crippen LogP contribution >= 0.6 is 0 Å². The van der Waals surface area contributed by atoms with E-state index in [0.717, 1.165) is 11.1 Å². The van der Waals surface area contributed by atoms with E-state index >= 15 is 0 Å². The summed E-state index contributed by atoms with van der Waals surface area (Å²) in [7, 11) is 0. The van der Waals surface area contributed by atoms with Gasteiger partial charge in [0.05, 0.1) is 18.5 Å². The van der Waals surface area contributed by atoms with Crippen molar-refractivity contribution in [2.75, 3.05) is 35.6 Å². The van der Waals surface area contributed by atoms with Crippen LogP contribution in [0.5, 0.6) is 0 Å². The van der Waals surface area contributed by atoms with Crippen molar-refractivity contribution >= 4 is 40.9 Å². The Kier molecular flexibility index (Phi) is 9.99. The lowest BCUT2D eigenvalue weighted by Crippen LogP contribution is -2.46. The number of nitrogens with two attached hydrogens (primary N) is 1. The van der Waals surface area contributed by atoms with Gasteiger partial charge in [-0.05, 0) is 72.5 Å². The van der Waals surface area contributed by atoms with Crippen molar-refractivity contribution in [1.29, 1.82) is 0 Å². The smallest absolute Gasteiger partial charge is 0.335 e. The molecule has 3 aromatic rings. The highest BCUT2D eigenvalue weighted by Gasteiger charge is 2.26. The van der Waals surface area contributed by atoms with Crippen LogP contribution in [-0.4, -0.2) is 53.5 Å². The fraction of sp³-hybridized carbons (Fsp3) is 0.267. The third-order valence-electron chi connectivity index (χ3n) is 6.23. The predicted octanol–water partition coefficient (Wildman–Crippen LogP) is 4.33. The Bertz CT molecular complexity index is 1350. The number of carbonyl (C=O) groups excluding carboxylic acids is 3. The molecule has 0 heterocycles. The number of amides is 4. The molecule has 0 saturated carbocycles. The lowest BCUT2D eigenvalue weighted by Gasteiger charge is -2.31. The number of carbonyl (C=O) groups is 4. The van der Waals surface area contributed by atoms with Gasteiger partial charge in [-0.3, -0.25) is 9.59 Å². The van der Waals surface area contributed by atoms with Crippen LogP contribution in [0.1, 0.15) is 35.3 Å². The van der Waals surface area contributed by atoms with Gasteiger partial charge >= 0.3 is 12.0 Å². The Morgan fingerprint density at radius 3 is 2.05 bits per heavy atom. The van der Waals surface area contributed by atoms with Gasteiger partial charge in [0, 0.05) is 23.6 Å². The highest BCUT2D eigenvalue weighted by molar-refractivity contribution is 6.00. The van der Waals surface area contributed by atoms with E-state index in [-0.39, 0.29) is 37.0 Å². The highest BCUT2D eigenvalue weighted by Crippen LogP contribution is 2.18. The molecule has 0 unspecified atom stereocenters. The van der Waals surface area contributed by atoms with Gasteiger partial charge in [0.1, 0.15) is 0 Å². The zero-order chi connectivity index (χ0) is 29.3. The van der Waals surface area contributed by atoms with Crippen LogP contribution in [0.15, 0.2) is 72.8 Å². The molecule has 10 heteroatoms. The molecule has 40 heavy (non-hydrogen) atoms. The first-order chi connectivity index (χ1) is 19.0. The largest absolute Gasteiger partial charge is 0.478 e. The van der Waals surface area contributed by atoms with Crippen molar-refractivity contribution in [2.45, 2.75) is 27.2 Å². The Hall–Kier alpha value is -4.70. The zero-order valence-corrected chi connectivity index (χ0v) is 22.9. The minimum atomic E-state index is -1.06. The van der Waals surface area contributed by atoms with Gasteiger partial charge in [0.15, 0.2) is 0 Å². The standard InChI is InChI=1S/C30H35N5O5/c1-20-6-4-5-7-25(20)34-29(40)33-24-12-8-21(9-13-24)16-27(37)35(19-30(2,3)18-31)17-26(36)32-23-14-10-22(11-15-23)28(38)39/h4-15H,16-19,31H2,1-3H3,(H,32,36)(H,38,39)(H2,33,34,40). The Morgan fingerprint density at radius 1 is 0.850 bits per heavy atom. The summed E-state index contributed by atoms with van der Waals surface area (Å²) in [6, 6.07) is 19.8. The molecule has 210 valence electrons. The van der Waals surface area contributed by atoms with Crippen molar-refractivity contribution in [3.05, 3.63) is 89.5 Å². The topological polar surface area (TPSA) is 154 Å². The number of hydrogen-bond acceptors (Lipinski definition) is 5. The first kappa shape index (κ1) is 29.9. The molecule has 0 bridgehead atoms. The lowest BCUT2D eigenvalue weighted by atomic mass is 9.92. The first-order valence-corrected chi connectivity index (χ1v) is 12.8. The van der Waals surface area contributed by atoms with Crippen LogP contribution in [0.4, 0.5) is 21.9 Å². The number of urea groups is 1. The number of aromatic carboxylic acids is 1. The molecular weight excluding hydrogens is 510 g/mol. The fourth-order valence-electron chi connectivity index (χ4n) is 3.87. The van der Waals surface area contributed by atoms with Crippen LogP contribution in [-0.2, 0) is 16.0 Å². The number of hydrogen-bond donors (Lipinski definition) is 5. The molecule has 0 aromatic heterocycles. The number of anilines is 3. The molecule has 6 N–H and O–H groups in total. The number of rotatable bonds is 11. The number of benzene rings is 3. The van der Waals surface area contributed by atoms with Crippen molar-refractivity contribution in [3.8, 4) is 0 Å². The molecule has 4 amide bonds. The van der Waals surface area contributed by atoms with Crippen molar-refractivity contribution < 1.29 is 24.3 Å². The van der Waals surface area contributed by atoms with Gasteiger partial charge in [0.2, 0.25) is 11.8 Å². The van der Waals surface area contributed by atoms with Crippen LogP contribution in [0, 0.1) is 12.3 Å². The number of nitrogens with one attached hydrogen (secondary N) is 3. The molecule has 3 rings (SSSR count). The van der Waals surface area contributed by atoms with Gasteiger partial charge < -0.3 is 31.7 Å². The maximum Gasteiger partial charge on any atom is 0.335 e. The predicted molar refractivity (Wildman–Crippen MR) is 155 cm³/mol. The van der Waals surface area contributed by atoms with Crippen LogP contribution < -0.4 is 21.7 Å². The first-order valence-electron chi connectivity index (χ1n) is 12.8. The van der Waals surface area contributed by atoms with Crippen LogP contribution in [0.25, 0.3) is 0 Å². The molecule has 0 aliphatic carbocycles. The van der Waals surface area contributed by atoms with Crippen LogP contribution in [0.2, 0.25) is 0 Å². The minimum absolute atomic E-state index is 0.0525. The Balaban J connectivity index is 1.62. The normalized spacial score (nSPS) is 10.9. The van der Waals surface area contributed by atoms with Crippen molar-refractivity contribution in [3.63, 3.8) is 0 Å². The number of para-hydroxylation sites is 1. The average Bonchev–Trinajstić information content (AvgIpc) is 2.91. The van der Waals surface area contributed by atoms with Gasteiger partial charge in [-0.1, -0.05) is 44.2 Å². The van der Waals surface area contributed by atoms with Gasteiger partial charge in [-0.15, -0.1) is 0 Å². The summed E-state index contributed by atoms with van der Waals surface area (Å²) in [6.45, 7) is 6.13. The highest BCUT2D eigenvalue weighted by atomic mass is 16.4. The summed E-state index contributed by atoms with van der Waals surface area (Å²) >= 11 is 0.